The van der Waals surface area contributed by atoms with Gasteiger partial charge >= 0.3 is 6.03 Å². The Morgan fingerprint density at radius 3 is 2.38 bits per heavy atom. The van der Waals surface area contributed by atoms with Crippen LogP contribution in [0.4, 0.5) is 4.79 Å². The Hall–Kier alpha value is -2.57. The highest BCUT2D eigenvalue weighted by molar-refractivity contribution is 6.30. The van der Waals surface area contributed by atoms with Crippen LogP contribution in [0.2, 0.25) is 5.02 Å². The van der Waals surface area contributed by atoms with Gasteiger partial charge < -0.3 is 10.1 Å². The van der Waals surface area contributed by atoms with Gasteiger partial charge in [0.05, 0.1) is 0 Å². The van der Waals surface area contributed by atoms with E-state index >= 15 is 0 Å². The second kappa shape index (κ2) is 9.79. The van der Waals surface area contributed by atoms with E-state index in [0.29, 0.717) is 23.9 Å². The topological polar surface area (TPSA) is 70.7 Å². The van der Waals surface area contributed by atoms with E-state index in [0.717, 1.165) is 5.56 Å². The summed E-state index contributed by atoms with van der Waals surface area (Å²) in [5, 5.41) is 5.37. The number of nitrogens with one attached hydrogen (secondary N) is 2. The first-order valence-electron chi connectivity index (χ1n) is 8.17. The molecule has 0 aliphatic rings. The van der Waals surface area contributed by atoms with Gasteiger partial charge in [-0.25, -0.2) is 4.79 Å². The van der Waals surface area contributed by atoms with Gasteiger partial charge in [-0.3, -0.25) is 15.0 Å². The number of ether oxygens (including phenoxy) is 1. The minimum Gasteiger partial charge on any atom is -0.492 e. The van der Waals surface area contributed by atoms with E-state index in [2.05, 4.69) is 10.6 Å². The summed E-state index contributed by atoms with van der Waals surface area (Å²) in [4.78, 5) is 25.9. The van der Waals surface area contributed by atoms with E-state index < -0.39 is 18.0 Å². The second-order valence-corrected chi connectivity index (χ2v) is 6.10. The van der Waals surface area contributed by atoms with Crippen molar-refractivity contribution in [2.75, 3.05) is 27.2 Å². The highest BCUT2D eigenvalue weighted by Gasteiger charge is 2.26. The van der Waals surface area contributed by atoms with Crippen LogP contribution in [0.3, 0.4) is 0 Å². The average Bonchev–Trinajstić information content (AvgIpc) is 2.64. The molecular weight excluding hydrogens is 354 g/mol. The summed E-state index contributed by atoms with van der Waals surface area (Å²) >= 11 is 5.85. The zero-order valence-electron chi connectivity index (χ0n) is 14.7. The van der Waals surface area contributed by atoms with Crippen LogP contribution in [-0.2, 0) is 4.79 Å². The number of amides is 3. The number of rotatable bonds is 7. The summed E-state index contributed by atoms with van der Waals surface area (Å²) in [6.07, 6.45) is 0. The predicted molar refractivity (Wildman–Crippen MR) is 101 cm³/mol. The van der Waals surface area contributed by atoms with Gasteiger partial charge in [-0.15, -0.1) is 0 Å². The van der Waals surface area contributed by atoms with Crippen molar-refractivity contribution in [2.45, 2.75) is 6.04 Å². The molecule has 2 N–H and O–H groups in total. The molecule has 2 aromatic carbocycles. The van der Waals surface area contributed by atoms with E-state index in [9.17, 15) is 9.59 Å². The third kappa shape index (κ3) is 5.75. The number of hydrogen-bond acceptors (Lipinski definition) is 4. The minimum absolute atomic E-state index is 0.384. The lowest BCUT2D eigenvalue weighted by molar-refractivity contribution is -0.125. The molecule has 1 atom stereocenters. The number of benzene rings is 2. The van der Waals surface area contributed by atoms with Crippen molar-refractivity contribution in [3.8, 4) is 5.75 Å². The number of halogens is 1. The molecule has 2 aromatic rings. The molecule has 0 aliphatic carbocycles. The first-order valence-corrected chi connectivity index (χ1v) is 8.55. The molecule has 6 nitrogen and oxygen atoms in total. The summed E-state index contributed by atoms with van der Waals surface area (Å²) in [5.41, 5.74) is 0.794. The monoisotopic (exact) mass is 375 g/mol. The zero-order chi connectivity index (χ0) is 18.9. The lowest BCUT2D eigenvalue weighted by Gasteiger charge is -2.27. The van der Waals surface area contributed by atoms with Gasteiger partial charge in [0.2, 0.25) is 5.91 Å². The van der Waals surface area contributed by atoms with Crippen molar-refractivity contribution in [2.24, 2.45) is 0 Å². The first-order chi connectivity index (χ1) is 12.5. The molecule has 0 spiro atoms. The molecule has 0 saturated heterocycles. The fourth-order valence-electron chi connectivity index (χ4n) is 2.45. The van der Waals surface area contributed by atoms with Crippen LogP contribution in [0.1, 0.15) is 11.6 Å². The van der Waals surface area contributed by atoms with Crippen LogP contribution in [0.5, 0.6) is 5.75 Å². The Bertz CT molecular complexity index is 723. The summed E-state index contributed by atoms with van der Waals surface area (Å²) in [6.45, 7) is 0.873. The van der Waals surface area contributed by atoms with Gasteiger partial charge in [0.15, 0.2) is 0 Å². The molecular formula is C19H22ClN3O3. The molecule has 2 rings (SSSR count). The fourth-order valence-corrected chi connectivity index (χ4v) is 2.58. The lowest BCUT2D eigenvalue weighted by Crippen LogP contribution is -2.45. The minimum atomic E-state index is -0.609. The summed E-state index contributed by atoms with van der Waals surface area (Å²) in [5.74, 6) is 0.304. The maximum absolute atomic E-state index is 12.6. The molecule has 26 heavy (non-hydrogen) atoms. The molecule has 1 unspecified atom stereocenters. The number of urea groups is 1. The first kappa shape index (κ1) is 19.8. The van der Waals surface area contributed by atoms with Gasteiger partial charge in [-0.05, 0) is 36.9 Å². The van der Waals surface area contributed by atoms with Gasteiger partial charge in [0.1, 0.15) is 18.4 Å². The van der Waals surface area contributed by atoms with Crippen LogP contribution >= 0.6 is 11.6 Å². The Kier molecular flexibility index (Phi) is 7.44. The summed E-state index contributed by atoms with van der Waals surface area (Å²) < 4.78 is 5.69. The Balaban J connectivity index is 2.02. The average molecular weight is 376 g/mol. The predicted octanol–water partition coefficient (Wildman–Crippen LogP) is 2.85. The number of imide groups is 1. The zero-order valence-corrected chi connectivity index (χ0v) is 15.5. The van der Waals surface area contributed by atoms with Crippen molar-refractivity contribution in [1.82, 2.24) is 15.5 Å². The van der Waals surface area contributed by atoms with Crippen molar-refractivity contribution < 1.29 is 14.3 Å². The van der Waals surface area contributed by atoms with E-state index in [1.54, 1.807) is 24.3 Å². The van der Waals surface area contributed by atoms with E-state index in [1.807, 2.05) is 42.3 Å². The molecule has 138 valence electrons. The quantitative estimate of drug-likeness (QED) is 0.780. The maximum Gasteiger partial charge on any atom is 0.321 e. The molecule has 0 heterocycles. The van der Waals surface area contributed by atoms with Crippen LogP contribution in [0.25, 0.3) is 0 Å². The Morgan fingerprint density at radius 2 is 1.77 bits per heavy atom. The van der Waals surface area contributed by atoms with E-state index in [-0.39, 0.29) is 0 Å². The third-order valence-corrected chi connectivity index (χ3v) is 4.05. The van der Waals surface area contributed by atoms with Gasteiger partial charge in [0, 0.05) is 18.6 Å². The maximum atomic E-state index is 12.6. The van der Waals surface area contributed by atoms with Gasteiger partial charge in [-0.2, -0.15) is 0 Å². The van der Waals surface area contributed by atoms with Gasteiger partial charge in [-0.1, -0.05) is 41.9 Å². The normalized spacial score (nSPS) is 11.7. The van der Waals surface area contributed by atoms with E-state index in [4.69, 9.17) is 16.3 Å². The molecule has 0 radical (unpaired) electrons. The van der Waals surface area contributed by atoms with Crippen LogP contribution < -0.4 is 15.4 Å². The Morgan fingerprint density at radius 1 is 1.12 bits per heavy atom. The summed E-state index contributed by atoms with van der Waals surface area (Å²) in [7, 11) is 3.27. The number of likely N-dealkylation sites (N-methyl/N-ethyl adjacent to an activating group) is 1. The highest BCUT2D eigenvalue weighted by Crippen LogP contribution is 2.20. The van der Waals surface area contributed by atoms with E-state index in [1.165, 1.54) is 7.05 Å². The van der Waals surface area contributed by atoms with Crippen molar-refractivity contribution in [1.29, 1.82) is 0 Å². The molecule has 0 fully saturated rings. The molecule has 0 bridgehead atoms. The molecule has 0 aliphatic heterocycles. The van der Waals surface area contributed by atoms with Crippen LogP contribution in [0.15, 0.2) is 54.6 Å². The lowest BCUT2D eigenvalue weighted by atomic mass is 10.0. The summed E-state index contributed by atoms with van der Waals surface area (Å²) in [6, 6.07) is 15.2. The standard InChI is InChI=1S/C19H22ClN3O3/c1-21-19(25)22-18(24)17(14-6-4-3-5-7-14)23(2)12-13-26-16-10-8-15(20)9-11-16/h3-11,17H,12-13H2,1-2H3,(H2,21,22,24,25). The number of hydrogen-bond donors (Lipinski definition) is 2. The SMILES string of the molecule is CNC(=O)NC(=O)C(c1ccccc1)N(C)CCOc1ccc(Cl)cc1. The molecule has 3 amide bonds. The third-order valence-electron chi connectivity index (χ3n) is 3.79. The molecule has 0 aromatic heterocycles. The number of carbonyl (C=O) groups excluding carboxylic acids is 2. The number of nitrogens with zero attached hydrogens (tertiary/aromatic N) is 1. The van der Waals surface area contributed by atoms with Crippen LogP contribution in [-0.4, -0.2) is 44.1 Å². The largest absolute Gasteiger partial charge is 0.492 e. The van der Waals surface area contributed by atoms with Crippen molar-refractivity contribution in [3.05, 3.63) is 65.2 Å². The highest BCUT2D eigenvalue weighted by atomic mass is 35.5. The Labute approximate surface area is 158 Å². The van der Waals surface area contributed by atoms with Crippen LogP contribution in [0, 0.1) is 0 Å². The van der Waals surface area contributed by atoms with Crippen molar-refractivity contribution >= 4 is 23.5 Å². The molecule has 0 saturated carbocycles. The molecule has 7 heteroatoms. The second-order valence-electron chi connectivity index (χ2n) is 5.66. The van der Waals surface area contributed by atoms with Gasteiger partial charge in [0.25, 0.3) is 0 Å². The fraction of sp³-hybridized carbons (Fsp3) is 0.263. The smallest absolute Gasteiger partial charge is 0.321 e. The number of carbonyl (C=O) groups is 2. The van der Waals surface area contributed by atoms with Crippen molar-refractivity contribution in [3.63, 3.8) is 0 Å².